The Bertz CT molecular complexity index is 920. The van der Waals surface area contributed by atoms with Gasteiger partial charge in [-0.1, -0.05) is 36.4 Å². The molecule has 6 heteroatoms. The Morgan fingerprint density at radius 3 is 2.43 bits per heavy atom. The van der Waals surface area contributed by atoms with E-state index in [4.69, 9.17) is 5.73 Å². The number of nitrogens with zero attached hydrogens (tertiary/aromatic N) is 2. The minimum Gasteiger partial charge on any atom is -0.324 e. The van der Waals surface area contributed by atoms with E-state index in [0.717, 1.165) is 35.3 Å². The molecule has 1 aliphatic heterocycles. The van der Waals surface area contributed by atoms with Crippen molar-refractivity contribution in [2.45, 2.75) is 18.9 Å². The van der Waals surface area contributed by atoms with Crippen LogP contribution in [0, 0.1) is 0 Å². The van der Waals surface area contributed by atoms with Crippen LogP contribution in [0.5, 0.6) is 0 Å². The summed E-state index contributed by atoms with van der Waals surface area (Å²) < 4.78 is 0. The monoisotopic (exact) mass is 415 g/mol. The van der Waals surface area contributed by atoms with Gasteiger partial charge in [0.2, 0.25) is 5.91 Å². The second kappa shape index (κ2) is 9.69. The average molecular weight is 416 g/mol. The van der Waals surface area contributed by atoms with Gasteiger partial charge in [-0.05, 0) is 52.9 Å². The van der Waals surface area contributed by atoms with Gasteiger partial charge in [-0.3, -0.25) is 9.78 Å². The normalized spacial score (nSPS) is 13.1. The van der Waals surface area contributed by atoms with Gasteiger partial charge in [-0.25, -0.2) is 0 Å². The number of fused-ring (bicyclic) bond motifs is 1. The molecule has 2 aromatic carbocycles. The Morgan fingerprint density at radius 2 is 1.71 bits per heavy atom. The predicted octanol–water partition coefficient (Wildman–Crippen LogP) is 4.57. The maximum atomic E-state index is 12.8. The molecule has 0 spiro atoms. The summed E-state index contributed by atoms with van der Waals surface area (Å²) in [5.74, 6) is 0.0803. The molecule has 0 fully saturated rings. The highest BCUT2D eigenvalue weighted by Crippen LogP contribution is 2.33. The molecule has 0 radical (unpaired) electrons. The van der Waals surface area contributed by atoms with Crippen LogP contribution in [0.4, 0.5) is 5.69 Å². The second-order valence-electron chi connectivity index (χ2n) is 6.60. The summed E-state index contributed by atoms with van der Waals surface area (Å²) in [6.45, 7) is 0.718. The summed E-state index contributed by atoms with van der Waals surface area (Å²) in [6, 6.07) is 19.8. The lowest BCUT2D eigenvalue weighted by atomic mass is 10.0. The number of pyridine rings is 1. The number of halogens is 2. The number of hydrogen-bond acceptors (Lipinski definition) is 3. The Balaban J connectivity index is 0.00000140. The van der Waals surface area contributed by atoms with Crippen LogP contribution in [-0.2, 0) is 11.2 Å². The van der Waals surface area contributed by atoms with E-state index in [1.807, 2.05) is 53.4 Å². The van der Waals surface area contributed by atoms with E-state index >= 15 is 0 Å². The molecule has 0 aliphatic carbocycles. The van der Waals surface area contributed by atoms with Crippen molar-refractivity contribution in [2.75, 3.05) is 11.4 Å². The third-order valence-corrected chi connectivity index (χ3v) is 4.91. The van der Waals surface area contributed by atoms with Crippen LogP contribution in [-0.4, -0.2) is 17.4 Å². The number of rotatable bonds is 4. The van der Waals surface area contributed by atoms with Crippen LogP contribution < -0.4 is 10.6 Å². The predicted molar refractivity (Wildman–Crippen MR) is 118 cm³/mol. The quantitative estimate of drug-likeness (QED) is 0.678. The van der Waals surface area contributed by atoms with Gasteiger partial charge in [0.1, 0.15) is 0 Å². The van der Waals surface area contributed by atoms with Crippen molar-refractivity contribution in [2.24, 2.45) is 5.73 Å². The first-order valence-electron chi connectivity index (χ1n) is 8.86. The van der Waals surface area contributed by atoms with Crippen molar-refractivity contribution >= 4 is 36.4 Å². The van der Waals surface area contributed by atoms with Crippen molar-refractivity contribution in [3.63, 3.8) is 0 Å². The summed E-state index contributed by atoms with van der Waals surface area (Å²) in [7, 11) is 0. The molecule has 4 nitrogen and oxygen atoms in total. The molecular formula is C22H23Cl2N3O. The van der Waals surface area contributed by atoms with Crippen molar-refractivity contribution in [3.05, 3.63) is 84.2 Å². The third-order valence-electron chi connectivity index (χ3n) is 4.91. The zero-order valence-corrected chi connectivity index (χ0v) is 17.0. The summed E-state index contributed by atoms with van der Waals surface area (Å²) in [5, 5.41) is 0. The van der Waals surface area contributed by atoms with E-state index in [-0.39, 0.29) is 36.8 Å². The van der Waals surface area contributed by atoms with E-state index < -0.39 is 0 Å². The third kappa shape index (κ3) is 4.53. The largest absolute Gasteiger partial charge is 0.324 e. The van der Waals surface area contributed by atoms with Crippen molar-refractivity contribution in [3.8, 4) is 11.1 Å². The van der Waals surface area contributed by atoms with E-state index in [2.05, 4.69) is 17.1 Å². The minimum absolute atomic E-state index is 0. The summed E-state index contributed by atoms with van der Waals surface area (Å²) in [5.41, 5.74) is 11.7. The molecule has 1 aromatic heterocycles. The standard InChI is InChI=1S/C22H21N3O.2ClH/c23-20(17-4-2-1-3-5-17)15-22(26)25-13-10-19-14-18(6-7-21(19)25)16-8-11-24-12-9-16;;/h1-9,11-12,14,20H,10,13,15,23H2;2*1H/t20-;;/m1../s1. The first-order chi connectivity index (χ1) is 12.7. The van der Waals surface area contributed by atoms with Crippen LogP contribution in [0.1, 0.15) is 23.6 Å². The van der Waals surface area contributed by atoms with Crippen molar-refractivity contribution in [1.82, 2.24) is 4.98 Å². The summed E-state index contributed by atoms with van der Waals surface area (Å²) >= 11 is 0. The van der Waals surface area contributed by atoms with E-state index in [9.17, 15) is 4.79 Å². The Labute approximate surface area is 177 Å². The Kier molecular flexibility index (Phi) is 7.58. The molecule has 4 rings (SSSR count). The van der Waals surface area contributed by atoms with Gasteiger partial charge in [0, 0.05) is 37.1 Å². The molecule has 0 unspecified atom stereocenters. The zero-order valence-electron chi connectivity index (χ0n) is 15.3. The highest BCUT2D eigenvalue weighted by molar-refractivity contribution is 5.96. The second-order valence-corrected chi connectivity index (χ2v) is 6.60. The first kappa shape index (κ1) is 21.9. The molecule has 1 atom stereocenters. The van der Waals surface area contributed by atoms with E-state index in [0.29, 0.717) is 6.42 Å². The lowest BCUT2D eigenvalue weighted by Crippen LogP contribution is -2.31. The summed E-state index contributed by atoms with van der Waals surface area (Å²) in [6.07, 6.45) is 4.78. The zero-order chi connectivity index (χ0) is 17.9. The smallest absolute Gasteiger partial charge is 0.228 e. The minimum atomic E-state index is -0.274. The van der Waals surface area contributed by atoms with Crippen LogP contribution in [0.15, 0.2) is 73.1 Å². The molecule has 0 saturated carbocycles. The van der Waals surface area contributed by atoms with Gasteiger partial charge in [0.05, 0.1) is 0 Å². The number of amides is 1. The Morgan fingerprint density at radius 1 is 1.00 bits per heavy atom. The SMILES string of the molecule is Cl.Cl.N[C@H](CC(=O)N1CCc2cc(-c3ccncc3)ccc21)c1ccccc1. The number of anilines is 1. The van der Waals surface area contributed by atoms with Crippen LogP contribution in [0.3, 0.4) is 0 Å². The number of aromatic nitrogens is 1. The number of carbonyl (C=O) groups is 1. The van der Waals surface area contributed by atoms with Crippen molar-refractivity contribution < 1.29 is 4.79 Å². The number of hydrogen-bond donors (Lipinski definition) is 1. The topological polar surface area (TPSA) is 59.2 Å². The molecule has 146 valence electrons. The van der Waals surface area contributed by atoms with E-state index in [1.54, 1.807) is 12.4 Å². The number of carbonyl (C=O) groups excluding carboxylic acids is 1. The fourth-order valence-corrected chi connectivity index (χ4v) is 3.50. The molecule has 3 aromatic rings. The fraction of sp³-hybridized carbons (Fsp3) is 0.182. The van der Waals surface area contributed by atoms with E-state index in [1.165, 1.54) is 5.56 Å². The molecule has 1 aliphatic rings. The van der Waals surface area contributed by atoms with Crippen LogP contribution in [0.25, 0.3) is 11.1 Å². The molecular weight excluding hydrogens is 393 g/mol. The molecule has 28 heavy (non-hydrogen) atoms. The van der Waals surface area contributed by atoms with Gasteiger partial charge in [-0.2, -0.15) is 0 Å². The number of nitrogens with two attached hydrogens (primary N) is 1. The lowest BCUT2D eigenvalue weighted by Gasteiger charge is -2.20. The van der Waals surface area contributed by atoms with Crippen LogP contribution >= 0.6 is 24.8 Å². The van der Waals surface area contributed by atoms with Gasteiger partial charge in [0.15, 0.2) is 0 Å². The maximum Gasteiger partial charge on any atom is 0.228 e. The van der Waals surface area contributed by atoms with Crippen molar-refractivity contribution in [1.29, 1.82) is 0 Å². The molecule has 0 saturated heterocycles. The van der Waals surface area contributed by atoms with Gasteiger partial charge < -0.3 is 10.6 Å². The van der Waals surface area contributed by atoms with Crippen LogP contribution in [0.2, 0.25) is 0 Å². The Hall–Kier alpha value is -2.40. The first-order valence-corrected chi connectivity index (χ1v) is 8.86. The lowest BCUT2D eigenvalue weighted by molar-refractivity contribution is -0.118. The highest BCUT2D eigenvalue weighted by Gasteiger charge is 2.26. The summed E-state index contributed by atoms with van der Waals surface area (Å²) in [4.78, 5) is 18.7. The molecule has 1 amide bonds. The fourth-order valence-electron chi connectivity index (χ4n) is 3.50. The molecule has 2 N–H and O–H groups in total. The van der Waals surface area contributed by atoms with Gasteiger partial charge >= 0.3 is 0 Å². The average Bonchev–Trinajstić information content (AvgIpc) is 3.12. The molecule has 0 bridgehead atoms. The number of benzene rings is 2. The highest BCUT2D eigenvalue weighted by atomic mass is 35.5. The van der Waals surface area contributed by atoms with Gasteiger partial charge in [-0.15, -0.1) is 24.8 Å². The maximum absolute atomic E-state index is 12.8. The van der Waals surface area contributed by atoms with Gasteiger partial charge in [0.25, 0.3) is 0 Å². The molecule has 2 heterocycles.